The number of hydrogen-bond donors (Lipinski definition) is 2. The highest BCUT2D eigenvalue weighted by molar-refractivity contribution is 5.79. The standard InChI is InChI=1S/C18H21F2N3O4/c1-10(13-4-6-14(7-5-13)27-9-17(25)26)21-16(24)8-15-11(2)22-23(12(15)3)18(19)20/h4-7,10,18H,8-9H2,1-3H3,(H,21,24)(H,25,26). The minimum absolute atomic E-state index is 0.0471. The molecule has 2 N–H and O–H groups in total. The molecule has 1 aromatic heterocycles. The van der Waals surface area contributed by atoms with Crippen molar-refractivity contribution in [3.63, 3.8) is 0 Å². The first-order valence-electron chi connectivity index (χ1n) is 8.25. The van der Waals surface area contributed by atoms with Crippen LogP contribution in [0.4, 0.5) is 8.78 Å². The van der Waals surface area contributed by atoms with Crippen LogP contribution in [0, 0.1) is 13.8 Å². The van der Waals surface area contributed by atoms with Gasteiger partial charge < -0.3 is 15.2 Å². The van der Waals surface area contributed by atoms with E-state index in [1.165, 1.54) is 6.92 Å². The van der Waals surface area contributed by atoms with Crippen molar-refractivity contribution in [2.75, 3.05) is 6.61 Å². The van der Waals surface area contributed by atoms with Gasteiger partial charge in [-0.3, -0.25) is 4.79 Å². The fourth-order valence-electron chi connectivity index (χ4n) is 2.68. The van der Waals surface area contributed by atoms with Crippen molar-refractivity contribution in [3.05, 3.63) is 46.8 Å². The Bertz CT molecular complexity index is 819. The van der Waals surface area contributed by atoms with Gasteiger partial charge in [-0.05, 0) is 38.5 Å². The largest absolute Gasteiger partial charge is 0.482 e. The Kier molecular flexibility index (Phi) is 6.49. The molecule has 0 fully saturated rings. The third-order valence-electron chi connectivity index (χ3n) is 4.12. The number of carbonyl (C=O) groups excluding carboxylic acids is 1. The van der Waals surface area contributed by atoms with Crippen LogP contribution in [0.25, 0.3) is 0 Å². The number of aromatic nitrogens is 2. The van der Waals surface area contributed by atoms with E-state index in [2.05, 4.69) is 10.4 Å². The van der Waals surface area contributed by atoms with Gasteiger partial charge in [-0.25, -0.2) is 9.48 Å². The highest BCUT2D eigenvalue weighted by atomic mass is 19.3. The number of alkyl halides is 2. The SMILES string of the molecule is Cc1nn(C(F)F)c(C)c1CC(=O)NC(C)c1ccc(OCC(=O)O)cc1. The Morgan fingerprint density at radius 3 is 2.41 bits per heavy atom. The number of ether oxygens (including phenoxy) is 1. The van der Waals surface area contributed by atoms with Gasteiger partial charge in [0.1, 0.15) is 5.75 Å². The molecule has 0 bridgehead atoms. The van der Waals surface area contributed by atoms with Crippen molar-refractivity contribution in [1.29, 1.82) is 0 Å². The Morgan fingerprint density at radius 1 is 1.26 bits per heavy atom. The highest BCUT2D eigenvalue weighted by Gasteiger charge is 2.20. The number of amides is 1. The Morgan fingerprint density at radius 2 is 1.89 bits per heavy atom. The zero-order valence-corrected chi connectivity index (χ0v) is 15.2. The summed E-state index contributed by atoms with van der Waals surface area (Å²) in [6, 6.07) is 6.34. The van der Waals surface area contributed by atoms with Crippen molar-refractivity contribution in [1.82, 2.24) is 15.1 Å². The first-order chi connectivity index (χ1) is 12.7. The third-order valence-corrected chi connectivity index (χ3v) is 4.12. The topological polar surface area (TPSA) is 93.5 Å². The molecule has 1 amide bonds. The minimum atomic E-state index is -2.75. The van der Waals surface area contributed by atoms with Gasteiger partial charge >= 0.3 is 12.5 Å². The van der Waals surface area contributed by atoms with Gasteiger partial charge in [0, 0.05) is 11.3 Å². The van der Waals surface area contributed by atoms with E-state index in [1.807, 2.05) is 0 Å². The Labute approximate surface area is 154 Å². The summed E-state index contributed by atoms with van der Waals surface area (Å²) in [7, 11) is 0. The van der Waals surface area contributed by atoms with Crippen molar-refractivity contribution in [2.45, 2.75) is 39.8 Å². The molecule has 1 aromatic carbocycles. The number of carboxylic acids is 1. The molecule has 0 radical (unpaired) electrons. The lowest BCUT2D eigenvalue weighted by atomic mass is 10.1. The van der Waals surface area contributed by atoms with E-state index < -0.39 is 19.1 Å². The molecule has 0 saturated heterocycles. The van der Waals surface area contributed by atoms with Gasteiger partial charge in [-0.2, -0.15) is 13.9 Å². The molecule has 9 heteroatoms. The van der Waals surface area contributed by atoms with Gasteiger partial charge in [0.25, 0.3) is 0 Å². The zero-order chi connectivity index (χ0) is 20.1. The molecule has 7 nitrogen and oxygen atoms in total. The Balaban J connectivity index is 1.98. The monoisotopic (exact) mass is 381 g/mol. The summed E-state index contributed by atoms with van der Waals surface area (Å²) in [5.41, 5.74) is 1.95. The van der Waals surface area contributed by atoms with Gasteiger partial charge in [0.2, 0.25) is 5.91 Å². The predicted molar refractivity (Wildman–Crippen MR) is 92.8 cm³/mol. The zero-order valence-electron chi connectivity index (χ0n) is 15.2. The Hall–Kier alpha value is -2.97. The number of aryl methyl sites for hydroxylation is 1. The first-order valence-corrected chi connectivity index (χ1v) is 8.25. The number of halogens is 2. The molecule has 0 aliphatic heterocycles. The fourth-order valence-corrected chi connectivity index (χ4v) is 2.68. The van der Waals surface area contributed by atoms with E-state index in [9.17, 15) is 18.4 Å². The van der Waals surface area contributed by atoms with Crippen LogP contribution in [0.15, 0.2) is 24.3 Å². The number of nitrogens with one attached hydrogen (secondary N) is 1. The van der Waals surface area contributed by atoms with Crippen LogP contribution in [0.2, 0.25) is 0 Å². The second-order valence-electron chi connectivity index (χ2n) is 6.09. The average molecular weight is 381 g/mol. The van der Waals surface area contributed by atoms with Crippen molar-refractivity contribution in [2.24, 2.45) is 0 Å². The van der Waals surface area contributed by atoms with Crippen molar-refractivity contribution in [3.8, 4) is 5.75 Å². The van der Waals surface area contributed by atoms with Gasteiger partial charge in [-0.1, -0.05) is 12.1 Å². The summed E-state index contributed by atoms with van der Waals surface area (Å²) in [4.78, 5) is 22.8. The molecule has 0 aliphatic rings. The fraction of sp³-hybridized carbons (Fsp3) is 0.389. The normalized spacial score (nSPS) is 12.1. The first kappa shape index (κ1) is 20.3. The molecule has 0 aliphatic carbocycles. The van der Waals surface area contributed by atoms with Gasteiger partial charge in [-0.15, -0.1) is 0 Å². The molecule has 0 spiro atoms. The molecular weight excluding hydrogens is 360 g/mol. The van der Waals surface area contributed by atoms with Crippen LogP contribution in [-0.2, 0) is 16.0 Å². The molecule has 1 heterocycles. The van der Waals surface area contributed by atoms with Crippen LogP contribution < -0.4 is 10.1 Å². The average Bonchev–Trinajstić information content (AvgIpc) is 2.88. The van der Waals surface area contributed by atoms with E-state index in [0.29, 0.717) is 21.7 Å². The molecule has 27 heavy (non-hydrogen) atoms. The lowest BCUT2D eigenvalue weighted by molar-refractivity contribution is -0.139. The third kappa shape index (κ3) is 5.25. The van der Waals surface area contributed by atoms with E-state index in [-0.39, 0.29) is 24.1 Å². The van der Waals surface area contributed by atoms with E-state index in [1.54, 1.807) is 38.1 Å². The smallest absolute Gasteiger partial charge is 0.341 e. The number of hydrogen-bond acceptors (Lipinski definition) is 4. The second kappa shape index (κ2) is 8.61. The molecule has 2 aromatic rings. The van der Waals surface area contributed by atoms with Crippen LogP contribution in [0.3, 0.4) is 0 Å². The summed E-state index contributed by atoms with van der Waals surface area (Å²) in [6.45, 7) is 1.70. The second-order valence-corrected chi connectivity index (χ2v) is 6.09. The van der Waals surface area contributed by atoms with Crippen molar-refractivity contribution < 1.29 is 28.2 Å². The summed E-state index contributed by atoms with van der Waals surface area (Å²) in [6.07, 6.45) is -0.0471. The van der Waals surface area contributed by atoms with Gasteiger partial charge in [0.15, 0.2) is 6.61 Å². The summed E-state index contributed by atoms with van der Waals surface area (Å²) >= 11 is 0. The molecule has 0 saturated carbocycles. The molecule has 1 unspecified atom stereocenters. The number of carbonyl (C=O) groups is 2. The molecule has 1 atom stereocenters. The van der Waals surface area contributed by atoms with Crippen LogP contribution in [0.1, 0.15) is 42.0 Å². The summed E-state index contributed by atoms with van der Waals surface area (Å²) in [5, 5.41) is 15.2. The molecule has 2 rings (SSSR count). The summed E-state index contributed by atoms with van der Waals surface area (Å²) in [5.74, 6) is -0.973. The van der Waals surface area contributed by atoms with Crippen molar-refractivity contribution >= 4 is 11.9 Å². The van der Waals surface area contributed by atoms with E-state index in [0.717, 1.165) is 5.56 Å². The van der Waals surface area contributed by atoms with Gasteiger partial charge in [0.05, 0.1) is 18.2 Å². The van der Waals surface area contributed by atoms with E-state index >= 15 is 0 Å². The predicted octanol–water partition coefficient (Wildman–Crippen LogP) is 2.78. The lowest BCUT2D eigenvalue weighted by Crippen LogP contribution is -2.28. The lowest BCUT2D eigenvalue weighted by Gasteiger charge is -2.15. The maximum absolute atomic E-state index is 12.9. The number of rotatable bonds is 8. The maximum atomic E-state index is 12.9. The maximum Gasteiger partial charge on any atom is 0.341 e. The summed E-state index contributed by atoms with van der Waals surface area (Å²) < 4.78 is 31.4. The quantitative estimate of drug-likeness (QED) is 0.733. The van der Waals surface area contributed by atoms with E-state index in [4.69, 9.17) is 9.84 Å². The molecule has 146 valence electrons. The van der Waals surface area contributed by atoms with Crippen LogP contribution in [0.5, 0.6) is 5.75 Å². The number of aliphatic carboxylic acids is 1. The highest BCUT2D eigenvalue weighted by Crippen LogP contribution is 2.21. The number of benzene rings is 1. The minimum Gasteiger partial charge on any atom is -0.482 e. The number of nitrogens with zero attached hydrogens (tertiary/aromatic N) is 2. The van der Waals surface area contributed by atoms with Crippen LogP contribution >= 0.6 is 0 Å². The van der Waals surface area contributed by atoms with Crippen LogP contribution in [-0.4, -0.2) is 33.4 Å². The number of carboxylic acid groups (broad SMARTS) is 1. The molecular formula is C18H21F2N3O4.